The number of nitrogens with zero attached hydrogens (tertiary/aromatic N) is 1. The summed E-state index contributed by atoms with van der Waals surface area (Å²) in [5.74, 6) is 0.501. The van der Waals surface area contributed by atoms with E-state index < -0.39 is 5.54 Å². The fourth-order valence-electron chi connectivity index (χ4n) is 3.20. The minimum absolute atomic E-state index is 0.0110. The van der Waals surface area contributed by atoms with Crippen LogP contribution in [0.3, 0.4) is 0 Å². The zero-order valence-electron chi connectivity index (χ0n) is 11.5. The van der Waals surface area contributed by atoms with Gasteiger partial charge in [0.1, 0.15) is 5.54 Å². The highest BCUT2D eigenvalue weighted by molar-refractivity contribution is 6.07. The molecule has 0 atom stereocenters. The third-order valence-electron chi connectivity index (χ3n) is 4.62. The van der Waals surface area contributed by atoms with Crippen LogP contribution in [0.15, 0.2) is 0 Å². The molecule has 0 aromatic heterocycles. The van der Waals surface area contributed by atoms with Crippen molar-refractivity contribution in [3.8, 4) is 0 Å². The van der Waals surface area contributed by atoms with Gasteiger partial charge in [-0.1, -0.05) is 33.1 Å². The molecule has 2 rings (SSSR count). The lowest BCUT2D eigenvalue weighted by Crippen LogP contribution is -2.46. The van der Waals surface area contributed by atoms with Crippen molar-refractivity contribution in [3.63, 3.8) is 0 Å². The number of hydrogen-bond donors (Lipinski definition) is 1. The fraction of sp³-hybridized carbons (Fsp3) is 0.857. The summed E-state index contributed by atoms with van der Waals surface area (Å²) in [6.45, 7) is 4.55. The van der Waals surface area contributed by atoms with E-state index in [1.54, 1.807) is 0 Å². The second-order valence-corrected chi connectivity index (χ2v) is 5.64. The minimum Gasteiger partial charge on any atom is -0.323 e. The van der Waals surface area contributed by atoms with Crippen molar-refractivity contribution >= 4 is 11.9 Å². The number of amides is 3. The molecule has 1 aliphatic heterocycles. The van der Waals surface area contributed by atoms with Crippen molar-refractivity contribution < 1.29 is 9.59 Å². The van der Waals surface area contributed by atoms with E-state index >= 15 is 0 Å². The van der Waals surface area contributed by atoms with Crippen LogP contribution in [-0.2, 0) is 4.79 Å². The van der Waals surface area contributed by atoms with Crippen LogP contribution >= 0.6 is 0 Å². The van der Waals surface area contributed by atoms with E-state index in [0.29, 0.717) is 25.3 Å². The molecule has 1 aliphatic carbocycles. The average Bonchev–Trinajstić information content (AvgIpc) is 2.65. The van der Waals surface area contributed by atoms with Gasteiger partial charge in [0.2, 0.25) is 0 Å². The third kappa shape index (κ3) is 2.25. The predicted octanol–water partition coefficient (Wildman–Crippen LogP) is 2.68. The highest BCUT2D eigenvalue weighted by Crippen LogP contribution is 2.29. The monoisotopic (exact) mass is 252 g/mol. The van der Waals surface area contributed by atoms with Gasteiger partial charge in [-0.3, -0.25) is 9.69 Å². The van der Waals surface area contributed by atoms with Crippen LogP contribution in [0.4, 0.5) is 4.79 Å². The first-order chi connectivity index (χ1) is 8.63. The number of urea groups is 1. The average molecular weight is 252 g/mol. The Hall–Kier alpha value is -1.06. The van der Waals surface area contributed by atoms with Crippen molar-refractivity contribution in [2.45, 2.75) is 64.3 Å². The van der Waals surface area contributed by atoms with Crippen LogP contribution in [0, 0.1) is 5.92 Å². The second-order valence-electron chi connectivity index (χ2n) is 5.64. The van der Waals surface area contributed by atoms with Crippen LogP contribution in [0.2, 0.25) is 0 Å². The molecule has 0 unspecified atom stereocenters. The number of nitrogens with one attached hydrogen (secondary N) is 1. The molecule has 102 valence electrons. The van der Waals surface area contributed by atoms with Gasteiger partial charge >= 0.3 is 6.03 Å². The Morgan fingerprint density at radius 1 is 1.17 bits per heavy atom. The summed E-state index contributed by atoms with van der Waals surface area (Å²) in [4.78, 5) is 25.9. The maximum Gasteiger partial charge on any atom is 0.325 e. The second kappa shape index (κ2) is 5.29. The Morgan fingerprint density at radius 3 is 2.28 bits per heavy atom. The van der Waals surface area contributed by atoms with Gasteiger partial charge in [-0.2, -0.15) is 0 Å². The highest BCUT2D eigenvalue weighted by Gasteiger charge is 2.48. The lowest BCUT2D eigenvalue weighted by atomic mass is 9.88. The van der Waals surface area contributed by atoms with Gasteiger partial charge in [0.05, 0.1) is 0 Å². The molecular formula is C14H24N2O2. The first-order valence-electron chi connectivity index (χ1n) is 7.27. The Morgan fingerprint density at radius 2 is 1.78 bits per heavy atom. The largest absolute Gasteiger partial charge is 0.325 e. The number of rotatable bonds is 4. The van der Waals surface area contributed by atoms with E-state index in [4.69, 9.17) is 0 Å². The molecule has 2 fully saturated rings. The van der Waals surface area contributed by atoms with Gasteiger partial charge in [0.25, 0.3) is 5.91 Å². The maximum absolute atomic E-state index is 12.4. The quantitative estimate of drug-likeness (QED) is 0.782. The summed E-state index contributed by atoms with van der Waals surface area (Å²) < 4.78 is 0. The van der Waals surface area contributed by atoms with Crippen molar-refractivity contribution in [2.24, 2.45) is 5.92 Å². The van der Waals surface area contributed by atoms with Crippen molar-refractivity contribution in [1.29, 1.82) is 0 Å². The van der Waals surface area contributed by atoms with Gasteiger partial charge in [0, 0.05) is 6.54 Å². The van der Waals surface area contributed by atoms with Gasteiger partial charge in [-0.05, 0) is 31.6 Å². The number of hydrogen-bond acceptors (Lipinski definition) is 2. The van der Waals surface area contributed by atoms with Gasteiger partial charge in [-0.25, -0.2) is 4.79 Å². The maximum atomic E-state index is 12.4. The summed E-state index contributed by atoms with van der Waals surface area (Å²) in [5, 5.41) is 2.89. The molecule has 4 heteroatoms. The van der Waals surface area contributed by atoms with Crippen LogP contribution in [0.1, 0.15) is 58.8 Å². The van der Waals surface area contributed by atoms with Crippen molar-refractivity contribution in [1.82, 2.24) is 10.2 Å². The molecule has 1 saturated heterocycles. The molecule has 1 heterocycles. The van der Waals surface area contributed by atoms with Crippen LogP contribution in [-0.4, -0.2) is 28.9 Å². The van der Waals surface area contributed by atoms with E-state index in [-0.39, 0.29) is 11.9 Å². The molecular weight excluding hydrogens is 228 g/mol. The van der Waals surface area contributed by atoms with E-state index in [1.165, 1.54) is 24.2 Å². The predicted molar refractivity (Wildman–Crippen MR) is 70.1 cm³/mol. The molecule has 4 nitrogen and oxygen atoms in total. The molecule has 0 bridgehead atoms. The van der Waals surface area contributed by atoms with E-state index in [2.05, 4.69) is 5.32 Å². The smallest absolute Gasteiger partial charge is 0.323 e. The standard InChI is InChI=1S/C14H24N2O2/c1-3-14(4-2)12(17)16(13(18)15-14)10-11-8-6-5-7-9-11/h11H,3-10H2,1-2H3,(H,15,18). The first-order valence-corrected chi connectivity index (χ1v) is 7.27. The summed E-state index contributed by atoms with van der Waals surface area (Å²) in [6.07, 6.45) is 7.43. The number of imide groups is 1. The number of carbonyl (C=O) groups is 2. The Bertz CT molecular complexity index is 331. The van der Waals surface area contributed by atoms with Gasteiger partial charge in [-0.15, -0.1) is 0 Å². The Balaban J connectivity index is 2.04. The molecule has 1 saturated carbocycles. The molecule has 0 radical (unpaired) electrons. The molecule has 18 heavy (non-hydrogen) atoms. The summed E-state index contributed by atoms with van der Waals surface area (Å²) >= 11 is 0. The van der Waals surface area contributed by atoms with Crippen molar-refractivity contribution in [2.75, 3.05) is 6.54 Å². The third-order valence-corrected chi connectivity index (χ3v) is 4.62. The zero-order chi connectivity index (χ0) is 13.2. The highest BCUT2D eigenvalue weighted by atomic mass is 16.2. The molecule has 0 aromatic rings. The zero-order valence-corrected chi connectivity index (χ0v) is 11.5. The Labute approximate surface area is 109 Å². The Kier molecular flexibility index (Phi) is 3.93. The molecule has 1 N–H and O–H groups in total. The van der Waals surface area contributed by atoms with Crippen LogP contribution < -0.4 is 5.32 Å². The van der Waals surface area contributed by atoms with Gasteiger partial charge in [0.15, 0.2) is 0 Å². The van der Waals surface area contributed by atoms with E-state index in [9.17, 15) is 9.59 Å². The fourth-order valence-corrected chi connectivity index (χ4v) is 3.20. The molecule has 2 aliphatic rings. The topological polar surface area (TPSA) is 49.4 Å². The number of carbonyl (C=O) groups excluding carboxylic acids is 2. The first kappa shape index (κ1) is 13.4. The van der Waals surface area contributed by atoms with E-state index in [1.807, 2.05) is 13.8 Å². The van der Waals surface area contributed by atoms with Crippen LogP contribution in [0.5, 0.6) is 0 Å². The molecule has 3 amide bonds. The minimum atomic E-state index is -0.633. The van der Waals surface area contributed by atoms with Crippen molar-refractivity contribution in [3.05, 3.63) is 0 Å². The van der Waals surface area contributed by atoms with Gasteiger partial charge < -0.3 is 5.32 Å². The SMILES string of the molecule is CCC1(CC)NC(=O)N(CC2CCCCC2)C1=O. The molecule has 0 spiro atoms. The lowest BCUT2D eigenvalue weighted by molar-refractivity contribution is -0.132. The molecule has 0 aromatic carbocycles. The summed E-state index contributed by atoms with van der Waals surface area (Å²) in [6, 6.07) is -0.186. The van der Waals surface area contributed by atoms with Crippen LogP contribution in [0.25, 0.3) is 0 Å². The summed E-state index contributed by atoms with van der Waals surface area (Å²) in [7, 11) is 0. The summed E-state index contributed by atoms with van der Waals surface area (Å²) in [5.41, 5.74) is -0.633. The van der Waals surface area contributed by atoms with E-state index in [0.717, 1.165) is 12.8 Å². The lowest BCUT2D eigenvalue weighted by Gasteiger charge is -2.27. The normalized spacial score (nSPS) is 24.4.